The fourth-order valence-electron chi connectivity index (χ4n) is 1.52. The van der Waals surface area contributed by atoms with E-state index in [9.17, 15) is 14.4 Å². The molecule has 1 aromatic carbocycles. The zero-order valence-corrected chi connectivity index (χ0v) is 12.9. The number of hydrogen-bond acceptors (Lipinski definition) is 4. The van der Waals surface area contributed by atoms with Crippen LogP contribution in [0.4, 0.5) is 4.79 Å². The fraction of sp³-hybridized carbons (Fsp3) is 0.308. The molecule has 3 amide bonds. The Kier molecular flexibility index (Phi) is 5.99. The van der Waals surface area contributed by atoms with Crippen LogP contribution in [0.1, 0.15) is 24.2 Å². The van der Waals surface area contributed by atoms with Gasteiger partial charge in [0.1, 0.15) is 0 Å². The van der Waals surface area contributed by atoms with E-state index in [4.69, 9.17) is 33.7 Å². The number of nitrogens with two attached hydrogens (primary N) is 1. The summed E-state index contributed by atoms with van der Waals surface area (Å²) in [6.45, 7) is 3.31. The molecular formula is C13H14Cl2N2O4. The highest BCUT2D eigenvalue weighted by molar-refractivity contribution is 6.36. The van der Waals surface area contributed by atoms with E-state index in [0.717, 1.165) is 0 Å². The molecule has 0 aliphatic rings. The summed E-state index contributed by atoms with van der Waals surface area (Å²) < 4.78 is 5.10. The quantitative estimate of drug-likeness (QED) is 0.827. The van der Waals surface area contributed by atoms with Crippen LogP contribution in [-0.2, 0) is 9.53 Å². The van der Waals surface area contributed by atoms with Crippen molar-refractivity contribution in [2.24, 2.45) is 11.7 Å². The third kappa shape index (κ3) is 4.91. The number of hydrogen-bond donors (Lipinski definition) is 2. The average Bonchev–Trinajstić information content (AvgIpc) is 2.34. The van der Waals surface area contributed by atoms with E-state index in [0.29, 0.717) is 5.02 Å². The molecule has 1 atom stereocenters. The molecule has 8 heteroatoms. The van der Waals surface area contributed by atoms with Gasteiger partial charge in [-0.15, -0.1) is 0 Å². The van der Waals surface area contributed by atoms with Gasteiger partial charge in [0, 0.05) is 5.02 Å². The Labute approximate surface area is 131 Å². The van der Waals surface area contributed by atoms with Gasteiger partial charge in [-0.3, -0.25) is 10.1 Å². The first-order valence-electron chi connectivity index (χ1n) is 5.98. The minimum Gasteiger partial charge on any atom is -0.448 e. The van der Waals surface area contributed by atoms with Crippen molar-refractivity contribution in [1.82, 2.24) is 5.32 Å². The summed E-state index contributed by atoms with van der Waals surface area (Å²) in [5, 5.41) is 2.34. The van der Waals surface area contributed by atoms with E-state index in [1.165, 1.54) is 18.2 Å². The van der Waals surface area contributed by atoms with Gasteiger partial charge < -0.3 is 10.5 Å². The van der Waals surface area contributed by atoms with Crippen molar-refractivity contribution in [2.45, 2.75) is 20.0 Å². The maximum Gasteiger partial charge on any atom is 0.340 e. The topological polar surface area (TPSA) is 98.5 Å². The maximum atomic E-state index is 12.0. The van der Waals surface area contributed by atoms with E-state index in [-0.39, 0.29) is 16.5 Å². The van der Waals surface area contributed by atoms with Crippen LogP contribution in [0.15, 0.2) is 18.2 Å². The smallest absolute Gasteiger partial charge is 0.340 e. The molecular weight excluding hydrogens is 319 g/mol. The van der Waals surface area contributed by atoms with Crippen LogP contribution in [-0.4, -0.2) is 24.0 Å². The molecule has 21 heavy (non-hydrogen) atoms. The molecule has 0 radical (unpaired) electrons. The largest absolute Gasteiger partial charge is 0.448 e. The molecule has 0 heterocycles. The number of esters is 1. The first-order valence-corrected chi connectivity index (χ1v) is 6.74. The number of nitrogens with one attached hydrogen (secondary N) is 1. The molecule has 3 N–H and O–H groups in total. The number of rotatable bonds is 4. The molecule has 0 aliphatic heterocycles. The van der Waals surface area contributed by atoms with Crippen molar-refractivity contribution in [3.63, 3.8) is 0 Å². The molecule has 1 rings (SSSR count). The number of carbonyl (C=O) groups excluding carboxylic acids is 3. The van der Waals surface area contributed by atoms with Gasteiger partial charge >= 0.3 is 12.0 Å². The number of benzene rings is 1. The van der Waals surface area contributed by atoms with Crippen molar-refractivity contribution in [2.75, 3.05) is 0 Å². The Balaban J connectivity index is 2.91. The first kappa shape index (κ1) is 17.3. The third-order valence-corrected chi connectivity index (χ3v) is 3.04. The van der Waals surface area contributed by atoms with Crippen molar-refractivity contribution in [3.05, 3.63) is 33.8 Å². The van der Waals surface area contributed by atoms with Gasteiger partial charge in [0.05, 0.1) is 10.6 Å². The van der Waals surface area contributed by atoms with Gasteiger partial charge in [-0.1, -0.05) is 37.0 Å². The Bertz CT molecular complexity index is 575. The number of ether oxygens (including phenoxy) is 1. The average molecular weight is 333 g/mol. The molecule has 114 valence electrons. The lowest BCUT2D eigenvalue weighted by Gasteiger charge is -2.20. The van der Waals surface area contributed by atoms with E-state index >= 15 is 0 Å². The number of carbonyl (C=O) groups is 3. The fourth-order valence-corrected chi connectivity index (χ4v) is 2.00. The lowest BCUT2D eigenvalue weighted by atomic mass is 10.1. The number of imide groups is 1. The molecule has 0 unspecified atom stereocenters. The van der Waals surface area contributed by atoms with Gasteiger partial charge in [-0.05, 0) is 24.1 Å². The summed E-state index contributed by atoms with van der Waals surface area (Å²) in [6.07, 6.45) is -1.17. The van der Waals surface area contributed by atoms with Crippen LogP contribution in [0, 0.1) is 5.92 Å². The lowest BCUT2D eigenvalue weighted by molar-refractivity contribution is -0.130. The molecule has 0 fully saturated rings. The molecule has 6 nitrogen and oxygen atoms in total. The maximum absolute atomic E-state index is 12.0. The molecule has 0 saturated carbocycles. The second-order valence-corrected chi connectivity index (χ2v) is 5.39. The minimum absolute atomic E-state index is 0.0681. The van der Waals surface area contributed by atoms with Crippen LogP contribution in [0.5, 0.6) is 0 Å². The summed E-state index contributed by atoms with van der Waals surface area (Å²) in [4.78, 5) is 34.5. The SMILES string of the molecule is CC(C)[C@@H](OC(=O)c1ccc(Cl)cc1Cl)C(=O)NC(N)=O. The van der Waals surface area contributed by atoms with E-state index in [1.807, 2.05) is 5.32 Å². The van der Waals surface area contributed by atoms with Gasteiger partial charge in [-0.25, -0.2) is 9.59 Å². The number of primary amides is 1. The highest BCUT2D eigenvalue weighted by Crippen LogP contribution is 2.22. The summed E-state index contributed by atoms with van der Waals surface area (Å²) in [7, 11) is 0. The van der Waals surface area contributed by atoms with Gasteiger partial charge in [0.25, 0.3) is 5.91 Å². The highest BCUT2D eigenvalue weighted by Gasteiger charge is 2.28. The molecule has 0 spiro atoms. The molecule has 0 aromatic heterocycles. The van der Waals surface area contributed by atoms with Crippen molar-refractivity contribution in [1.29, 1.82) is 0 Å². The third-order valence-electron chi connectivity index (χ3n) is 2.50. The van der Waals surface area contributed by atoms with Crippen LogP contribution in [0.3, 0.4) is 0 Å². The molecule has 1 aromatic rings. The normalized spacial score (nSPS) is 11.9. The second-order valence-electron chi connectivity index (χ2n) is 4.55. The van der Waals surface area contributed by atoms with Crippen molar-refractivity contribution >= 4 is 41.1 Å². The number of halogens is 2. The van der Waals surface area contributed by atoms with Crippen molar-refractivity contribution in [3.8, 4) is 0 Å². The first-order chi connectivity index (χ1) is 9.72. The Hall–Kier alpha value is -1.79. The Morgan fingerprint density at radius 1 is 1.24 bits per heavy atom. The van der Waals surface area contributed by atoms with Gasteiger partial charge in [-0.2, -0.15) is 0 Å². The van der Waals surface area contributed by atoms with Crippen LogP contribution < -0.4 is 11.1 Å². The zero-order chi connectivity index (χ0) is 16.2. The molecule has 0 aliphatic carbocycles. The van der Waals surface area contributed by atoms with Crippen LogP contribution in [0.25, 0.3) is 0 Å². The monoisotopic (exact) mass is 332 g/mol. The number of amides is 3. The molecule has 0 saturated heterocycles. The van der Waals surface area contributed by atoms with Gasteiger partial charge in [0.15, 0.2) is 6.10 Å². The van der Waals surface area contributed by atoms with E-state index < -0.39 is 24.0 Å². The summed E-state index contributed by atoms with van der Waals surface area (Å²) in [5.41, 5.74) is 4.94. The summed E-state index contributed by atoms with van der Waals surface area (Å²) >= 11 is 11.6. The van der Waals surface area contributed by atoms with Crippen LogP contribution in [0.2, 0.25) is 10.0 Å². The predicted molar refractivity (Wildman–Crippen MR) is 78.2 cm³/mol. The van der Waals surface area contributed by atoms with Gasteiger partial charge in [0.2, 0.25) is 0 Å². The van der Waals surface area contributed by atoms with Crippen LogP contribution >= 0.6 is 23.2 Å². The highest BCUT2D eigenvalue weighted by atomic mass is 35.5. The predicted octanol–water partition coefficient (Wildman–Crippen LogP) is 2.37. The molecule has 0 bridgehead atoms. The van der Waals surface area contributed by atoms with E-state index in [1.54, 1.807) is 13.8 Å². The van der Waals surface area contributed by atoms with Crippen molar-refractivity contribution < 1.29 is 19.1 Å². The second kappa shape index (κ2) is 7.28. The summed E-state index contributed by atoms with van der Waals surface area (Å²) in [5.74, 6) is -1.95. The zero-order valence-electron chi connectivity index (χ0n) is 11.4. The Morgan fingerprint density at radius 2 is 1.86 bits per heavy atom. The number of urea groups is 1. The Morgan fingerprint density at radius 3 is 2.33 bits per heavy atom. The lowest BCUT2D eigenvalue weighted by Crippen LogP contribution is -2.45. The minimum atomic E-state index is -1.17. The standard InChI is InChI=1S/C13H14Cl2N2O4/c1-6(2)10(11(18)17-13(16)20)21-12(19)8-4-3-7(14)5-9(8)15/h3-6,10H,1-2H3,(H3,16,17,18,20)/t10-/m1/s1. The van der Waals surface area contributed by atoms with E-state index in [2.05, 4.69) is 0 Å². The summed E-state index contributed by atoms with van der Waals surface area (Å²) in [6, 6.07) is 3.22.